The fourth-order valence-corrected chi connectivity index (χ4v) is 3.37. The van der Waals surface area contributed by atoms with E-state index in [1.54, 1.807) is 10.5 Å². The van der Waals surface area contributed by atoms with E-state index in [1.165, 1.54) is 29.0 Å². The first kappa shape index (κ1) is 19.4. The molecule has 3 aromatic heterocycles. The first-order valence-corrected chi connectivity index (χ1v) is 9.49. The molecule has 0 saturated heterocycles. The lowest BCUT2D eigenvalue weighted by atomic mass is 10.1. The van der Waals surface area contributed by atoms with Crippen molar-refractivity contribution in [3.8, 4) is 0 Å². The van der Waals surface area contributed by atoms with Crippen molar-refractivity contribution in [1.29, 1.82) is 0 Å². The molecule has 30 heavy (non-hydrogen) atoms. The Labute approximate surface area is 171 Å². The second-order valence-corrected chi connectivity index (χ2v) is 7.04. The van der Waals surface area contributed by atoms with E-state index in [4.69, 9.17) is 4.42 Å². The van der Waals surface area contributed by atoms with Gasteiger partial charge >= 0.3 is 5.69 Å². The summed E-state index contributed by atoms with van der Waals surface area (Å²) in [5.74, 6) is -0.547. The largest absolute Gasteiger partial charge is 0.459 e. The average Bonchev–Trinajstić information content (AvgIpc) is 3.37. The van der Waals surface area contributed by atoms with Gasteiger partial charge in [-0.3, -0.25) is 9.59 Å². The molecule has 4 rings (SSSR count). The number of amides is 2. The van der Waals surface area contributed by atoms with Gasteiger partial charge in [-0.25, -0.2) is 13.9 Å². The molecule has 0 atom stereocenters. The van der Waals surface area contributed by atoms with Crippen LogP contribution in [0.3, 0.4) is 0 Å². The van der Waals surface area contributed by atoms with Gasteiger partial charge < -0.3 is 14.6 Å². The van der Waals surface area contributed by atoms with Crippen molar-refractivity contribution < 1.29 is 14.0 Å². The smallest absolute Gasteiger partial charge is 0.350 e. The maximum atomic E-state index is 12.9. The minimum atomic E-state index is -0.380. The number of hydrogen-bond donors (Lipinski definition) is 1. The van der Waals surface area contributed by atoms with Crippen LogP contribution in [0.5, 0.6) is 0 Å². The fourth-order valence-electron chi connectivity index (χ4n) is 3.37. The molecule has 0 aliphatic rings. The molecule has 154 valence electrons. The number of benzene rings is 1. The molecule has 0 bridgehead atoms. The quantitative estimate of drug-likeness (QED) is 0.521. The van der Waals surface area contributed by atoms with E-state index in [9.17, 15) is 14.4 Å². The van der Waals surface area contributed by atoms with Crippen LogP contribution in [0.15, 0.2) is 57.9 Å². The summed E-state index contributed by atoms with van der Waals surface area (Å²) in [6.07, 6.45) is 1.40. The number of likely N-dealkylation sites (N-methyl/N-ethyl adjacent to an activating group) is 1. The third kappa shape index (κ3) is 3.57. The number of nitrogens with zero attached hydrogens (tertiary/aromatic N) is 4. The summed E-state index contributed by atoms with van der Waals surface area (Å²) in [7, 11) is 1.52. The van der Waals surface area contributed by atoms with Crippen LogP contribution in [-0.4, -0.2) is 51.0 Å². The molecule has 0 fully saturated rings. The molecule has 0 aliphatic carbocycles. The van der Waals surface area contributed by atoms with Crippen LogP contribution >= 0.6 is 0 Å². The molecule has 0 saturated carbocycles. The standard InChI is InChI=1S/C21H21N5O4/c1-14-12-15-6-3-4-7-16(15)26-19(14)23-25(21(26)29)10-9-22-18(27)13-24(2)20(28)17-8-5-11-30-17/h3-8,11-12H,9-10,13H2,1-2H3,(H,22,27). The molecule has 0 unspecified atom stereocenters. The van der Waals surface area contributed by atoms with Crippen molar-refractivity contribution >= 4 is 28.4 Å². The van der Waals surface area contributed by atoms with Crippen LogP contribution in [0.2, 0.25) is 0 Å². The molecule has 2 amide bonds. The lowest BCUT2D eigenvalue weighted by Crippen LogP contribution is -2.40. The van der Waals surface area contributed by atoms with Gasteiger partial charge in [-0.2, -0.15) is 0 Å². The van der Waals surface area contributed by atoms with Gasteiger partial charge in [-0.15, -0.1) is 5.10 Å². The van der Waals surface area contributed by atoms with Gasteiger partial charge in [-0.1, -0.05) is 18.2 Å². The Morgan fingerprint density at radius 3 is 2.77 bits per heavy atom. The summed E-state index contributed by atoms with van der Waals surface area (Å²) in [5.41, 5.74) is 2.01. The number of para-hydroxylation sites is 1. The molecule has 0 aliphatic heterocycles. The summed E-state index contributed by atoms with van der Waals surface area (Å²) < 4.78 is 7.97. The van der Waals surface area contributed by atoms with Crippen LogP contribution in [0.1, 0.15) is 16.1 Å². The van der Waals surface area contributed by atoms with Crippen molar-refractivity contribution in [2.75, 3.05) is 20.1 Å². The highest BCUT2D eigenvalue weighted by Crippen LogP contribution is 2.17. The predicted octanol–water partition coefficient (Wildman–Crippen LogP) is 1.44. The van der Waals surface area contributed by atoms with Crippen LogP contribution in [0, 0.1) is 6.92 Å². The van der Waals surface area contributed by atoms with Gasteiger partial charge in [0.15, 0.2) is 11.4 Å². The highest BCUT2D eigenvalue weighted by atomic mass is 16.3. The first-order valence-electron chi connectivity index (χ1n) is 9.49. The molecule has 9 nitrogen and oxygen atoms in total. The maximum Gasteiger partial charge on any atom is 0.350 e. The Hall–Kier alpha value is -3.88. The van der Waals surface area contributed by atoms with Gasteiger partial charge in [0.2, 0.25) is 5.91 Å². The molecular formula is C21H21N5O4. The molecule has 4 aromatic rings. The lowest BCUT2D eigenvalue weighted by molar-refractivity contribution is -0.121. The van der Waals surface area contributed by atoms with Crippen LogP contribution < -0.4 is 11.0 Å². The zero-order valence-electron chi connectivity index (χ0n) is 16.7. The van der Waals surface area contributed by atoms with Crippen LogP contribution in [0.25, 0.3) is 16.6 Å². The minimum Gasteiger partial charge on any atom is -0.459 e. The summed E-state index contributed by atoms with van der Waals surface area (Å²) in [6.45, 7) is 2.22. The molecule has 3 heterocycles. The Morgan fingerprint density at radius 2 is 2.00 bits per heavy atom. The Morgan fingerprint density at radius 1 is 1.20 bits per heavy atom. The topological polar surface area (TPSA) is 102 Å². The second-order valence-electron chi connectivity index (χ2n) is 7.04. The zero-order chi connectivity index (χ0) is 21.3. The zero-order valence-corrected chi connectivity index (χ0v) is 16.7. The highest BCUT2D eigenvalue weighted by molar-refractivity contribution is 5.94. The molecular weight excluding hydrogens is 386 g/mol. The Balaban J connectivity index is 1.43. The molecule has 0 radical (unpaired) electrons. The van der Waals surface area contributed by atoms with E-state index in [0.717, 1.165) is 16.5 Å². The van der Waals surface area contributed by atoms with E-state index in [0.29, 0.717) is 5.65 Å². The SMILES string of the molecule is Cc1cc2ccccc2n2c(=O)n(CCNC(=O)CN(C)C(=O)c3ccco3)nc12. The van der Waals surface area contributed by atoms with E-state index >= 15 is 0 Å². The number of carbonyl (C=O) groups is 2. The van der Waals surface area contributed by atoms with Crippen molar-refractivity contribution in [2.24, 2.45) is 0 Å². The number of rotatable bonds is 6. The maximum absolute atomic E-state index is 12.9. The number of aryl methyl sites for hydroxylation is 1. The number of carbonyl (C=O) groups excluding carboxylic acids is 2. The van der Waals surface area contributed by atoms with E-state index in [2.05, 4.69) is 10.4 Å². The van der Waals surface area contributed by atoms with Gasteiger partial charge in [0.1, 0.15) is 0 Å². The van der Waals surface area contributed by atoms with Gasteiger partial charge in [0, 0.05) is 13.6 Å². The summed E-state index contributed by atoms with van der Waals surface area (Å²) >= 11 is 0. The molecule has 1 N–H and O–H groups in total. The predicted molar refractivity (Wildman–Crippen MR) is 110 cm³/mol. The molecule has 0 spiro atoms. The van der Waals surface area contributed by atoms with Crippen molar-refractivity contribution in [3.63, 3.8) is 0 Å². The van der Waals surface area contributed by atoms with Crippen molar-refractivity contribution in [2.45, 2.75) is 13.5 Å². The average molecular weight is 407 g/mol. The van der Waals surface area contributed by atoms with E-state index in [1.807, 2.05) is 37.3 Å². The Kier molecular flexibility index (Phi) is 5.09. The normalized spacial score (nSPS) is 11.1. The van der Waals surface area contributed by atoms with Crippen LogP contribution in [-0.2, 0) is 11.3 Å². The lowest BCUT2D eigenvalue weighted by Gasteiger charge is -2.15. The number of hydrogen-bond acceptors (Lipinski definition) is 5. The van der Waals surface area contributed by atoms with E-state index in [-0.39, 0.29) is 42.9 Å². The number of aromatic nitrogens is 3. The summed E-state index contributed by atoms with van der Waals surface area (Å²) in [6, 6.07) is 12.8. The van der Waals surface area contributed by atoms with Crippen molar-refractivity contribution in [1.82, 2.24) is 24.4 Å². The summed E-state index contributed by atoms with van der Waals surface area (Å²) in [4.78, 5) is 38.4. The third-order valence-corrected chi connectivity index (χ3v) is 4.85. The van der Waals surface area contributed by atoms with Crippen LogP contribution in [0.4, 0.5) is 0 Å². The molecule has 1 aromatic carbocycles. The monoisotopic (exact) mass is 407 g/mol. The highest BCUT2D eigenvalue weighted by Gasteiger charge is 2.17. The number of nitrogens with one attached hydrogen (secondary N) is 1. The summed E-state index contributed by atoms with van der Waals surface area (Å²) in [5, 5.41) is 8.09. The number of pyridine rings is 1. The van der Waals surface area contributed by atoms with Gasteiger partial charge in [0.05, 0.1) is 24.9 Å². The van der Waals surface area contributed by atoms with Crippen molar-refractivity contribution in [3.05, 3.63) is 70.5 Å². The number of furan rings is 1. The first-order chi connectivity index (χ1) is 14.5. The third-order valence-electron chi connectivity index (χ3n) is 4.85. The van der Waals surface area contributed by atoms with Gasteiger partial charge in [0.25, 0.3) is 5.91 Å². The number of fused-ring (bicyclic) bond motifs is 3. The van der Waals surface area contributed by atoms with Gasteiger partial charge in [-0.05, 0) is 42.1 Å². The minimum absolute atomic E-state index is 0.122. The Bertz CT molecular complexity index is 1290. The molecule has 9 heteroatoms. The van der Waals surface area contributed by atoms with E-state index < -0.39 is 0 Å². The fraction of sp³-hybridized carbons (Fsp3) is 0.238. The second kappa shape index (κ2) is 7.86.